The van der Waals surface area contributed by atoms with Gasteiger partial charge < -0.3 is 14.2 Å². The Labute approximate surface area is 89.5 Å². The molecule has 3 atom stereocenters. The van der Waals surface area contributed by atoms with E-state index in [1.165, 1.54) is 13.8 Å². The second-order valence-corrected chi connectivity index (χ2v) is 3.40. The monoisotopic (exact) mass is 212 g/mol. The minimum absolute atomic E-state index is 0.0565. The van der Waals surface area contributed by atoms with Crippen molar-refractivity contribution >= 4 is 19.8 Å². The number of carbonyl (C=O) groups excluding carboxylic acids is 2. The smallest absolute Gasteiger partial charge is 0.302 e. The third kappa shape index (κ3) is 3.91. The fraction of sp³-hybridized carbons (Fsp3) is 0.778. The molecule has 1 fully saturated rings. The summed E-state index contributed by atoms with van der Waals surface area (Å²) in [5.74, 6) is -0.800. The number of hydrogen-bond acceptors (Lipinski definition) is 5. The average Bonchev–Trinajstić information content (AvgIpc) is 2.41. The Morgan fingerprint density at radius 3 is 2.60 bits per heavy atom. The average molecular weight is 212 g/mol. The van der Waals surface area contributed by atoms with Crippen LogP contribution in [0.1, 0.15) is 20.3 Å². The molecule has 0 amide bonds. The van der Waals surface area contributed by atoms with E-state index in [-0.39, 0.29) is 6.61 Å². The molecule has 6 heteroatoms. The van der Waals surface area contributed by atoms with Crippen molar-refractivity contribution in [1.29, 1.82) is 0 Å². The zero-order chi connectivity index (χ0) is 11.4. The van der Waals surface area contributed by atoms with Crippen LogP contribution in [0.2, 0.25) is 0 Å². The molecular weight excluding hydrogens is 199 g/mol. The Hall–Kier alpha value is -1.04. The minimum atomic E-state index is -0.477. The first-order valence-electron chi connectivity index (χ1n) is 4.70. The molecule has 5 nitrogen and oxygen atoms in total. The molecule has 15 heavy (non-hydrogen) atoms. The van der Waals surface area contributed by atoms with Crippen LogP contribution in [0.4, 0.5) is 0 Å². The van der Waals surface area contributed by atoms with E-state index in [2.05, 4.69) is 0 Å². The molecule has 0 aliphatic carbocycles. The molecule has 1 heterocycles. The summed E-state index contributed by atoms with van der Waals surface area (Å²) in [6.07, 6.45) is -0.476. The maximum absolute atomic E-state index is 10.8. The first-order valence-corrected chi connectivity index (χ1v) is 4.70. The van der Waals surface area contributed by atoms with Crippen LogP contribution >= 0.6 is 0 Å². The topological polar surface area (TPSA) is 61.8 Å². The van der Waals surface area contributed by atoms with Gasteiger partial charge in [0.1, 0.15) is 26.7 Å². The third-order valence-electron chi connectivity index (χ3n) is 2.00. The second-order valence-electron chi connectivity index (χ2n) is 3.40. The highest BCUT2D eigenvalue weighted by molar-refractivity contribution is 6.11. The molecule has 0 aromatic rings. The van der Waals surface area contributed by atoms with E-state index in [0.29, 0.717) is 6.42 Å². The SMILES string of the molecule is [B][C@H]1CC(OC(C)=O)[C@@H](COC(C)=O)O1. The van der Waals surface area contributed by atoms with Crippen molar-refractivity contribution in [3.05, 3.63) is 0 Å². The lowest BCUT2D eigenvalue weighted by molar-refractivity contribution is -0.154. The molecule has 1 aliphatic heterocycles. The van der Waals surface area contributed by atoms with Crippen LogP contribution < -0.4 is 0 Å². The highest BCUT2D eigenvalue weighted by Crippen LogP contribution is 2.22. The summed E-state index contributed by atoms with van der Waals surface area (Å²) < 4.78 is 15.0. The van der Waals surface area contributed by atoms with Crippen LogP contribution in [0, 0.1) is 0 Å². The predicted octanol–water partition coefficient (Wildman–Crippen LogP) is -0.235. The lowest BCUT2D eigenvalue weighted by Crippen LogP contribution is -2.31. The summed E-state index contributed by atoms with van der Waals surface area (Å²) in [5, 5.41) is 0. The summed E-state index contributed by atoms with van der Waals surface area (Å²) in [4.78, 5) is 21.4. The number of hydrogen-bond donors (Lipinski definition) is 0. The summed E-state index contributed by atoms with van der Waals surface area (Å²) >= 11 is 0. The predicted molar refractivity (Wildman–Crippen MR) is 51.2 cm³/mol. The first-order chi connectivity index (χ1) is 6.99. The van der Waals surface area contributed by atoms with Crippen LogP contribution in [0.15, 0.2) is 0 Å². The number of ether oxygens (including phenoxy) is 3. The molecule has 1 saturated heterocycles. The molecule has 0 spiro atoms. The van der Waals surface area contributed by atoms with Gasteiger partial charge in [0.15, 0.2) is 0 Å². The van der Waals surface area contributed by atoms with Gasteiger partial charge in [0.2, 0.25) is 0 Å². The molecule has 0 aromatic carbocycles. The van der Waals surface area contributed by atoms with Gasteiger partial charge >= 0.3 is 11.9 Å². The third-order valence-corrected chi connectivity index (χ3v) is 2.00. The fourth-order valence-electron chi connectivity index (χ4n) is 1.43. The molecule has 0 aromatic heterocycles. The molecule has 2 radical (unpaired) electrons. The highest BCUT2D eigenvalue weighted by Gasteiger charge is 2.35. The Morgan fingerprint density at radius 1 is 1.40 bits per heavy atom. The number of carbonyl (C=O) groups is 2. The Balaban J connectivity index is 2.45. The van der Waals surface area contributed by atoms with Gasteiger partial charge in [0.05, 0.1) is 0 Å². The molecule has 82 valence electrons. The molecule has 1 unspecified atom stereocenters. The second kappa shape index (κ2) is 5.16. The van der Waals surface area contributed by atoms with Gasteiger partial charge in [-0.2, -0.15) is 0 Å². The van der Waals surface area contributed by atoms with Crippen molar-refractivity contribution in [3.63, 3.8) is 0 Å². The van der Waals surface area contributed by atoms with Crippen molar-refractivity contribution in [2.75, 3.05) is 6.61 Å². The lowest BCUT2D eigenvalue weighted by Gasteiger charge is -2.17. The van der Waals surface area contributed by atoms with Crippen molar-refractivity contribution in [2.45, 2.75) is 38.5 Å². The van der Waals surface area contributed by atoms with Gasteiger partial charge in [-0.1, -0.05) is 0 Å². The van der Waals surface area contributed by atoms with Crippen LogP contribution in [-0.4, -0.2) is 44.6 Å². The van der Waals surface area contributed by atoms with E-state index in [1.54, 1.807) is 0 Å². The van der Waals surface area contributed by atoms with Gasteiger partial charge in [-0.25, -0.2) is 0 Å². The standard InChI is InChI=1S/C9H13BO5/c1-5(11)13-4-8-7(14-6(2)12)3-9(10)15-8/h7-9H,3-4H2,1-2H3/t7?,8-,9-/m1/s1. The number of rotatable bonds is 3. The molecule has 0 bridgehead atoms. The van der Waals surface area contributed by atoms with Gasteiger partial charge in [-0.15, -0.1) is 0 Å². The maximum atomic E-state index is 10.8. The van der Waals surface area contributed by atoms with Gasteiger partial charge in [-0.3, -0.25) is 9.59 Å². The summed E-state index contributed by atoms with van der Waals surface area (Å²) in [5.41, 5.74) is 0. The van der Waals surface area contributed by atoms with E-state index in [0.717, 1.165) is 0 Å². The van der Waals surface area contributed by atoms with Crippen LogP contribution in [0.5, 0.6) is 0 Å². The summed E-state index contributed by atoms with van der Waals surface area (Å²) in [6, 6.07) is -0.477. The molecule has 0 N–H and O–H groups in total. The van der Waals surface area contributed by atoms with E-state index in [4.69, 9.17) is 22.1 Å². The Bertz CT molecular complexity index is 255. The van der Waals surface area contributed by atoms with Gasteiger partial charge in [0, 0.05) is 26.3 Å². The van der Waals surface area contributed by atoms with Crippen LogP contribution in [-0.2, 0) is 23.8 Å². The maximum Gasteiger partial charge on any atom is 0.302 e. The van der Waals surface area contributed by atoms with Crippen molar-refractivity contribution in [3.8, 4) is 0 Å². The normalized spacial score (nSPS) is 29.9. The zero-order valence-electron chi connectivity index (χ0n) is 8.76. The first kappa shape index (κ1) is 12.0. The van der Waals surface area contributed by atoms with E-state index in [9.17, 15) is 9.59 Å². The van der Waals surface area contributed by atoms with E-state index >= 15 is 0 Å². The highest BCUT2D eigenvalue weighted by atomic mass is 16.6. The lowest BCUT2D eigenvalue weighted by atomic mass is 9.96. The zero-order valence-corrected chi connectivity index (χ0v) is 8.76. The van der Waals surface area contributed by atoms with Crippen LogP contribution in [0.25, 0.3) is 0 Å². The largest absolute Gasteiger partial charge is 0.463 e. The minimum Gasteiger partial charge on any atom is -0.463 e. The van der Waals surface area contributed by atoms with Crippen molar-refractivity contribution < 1.29 is 23.8 Å². The number of esters is 2. The van der Waals surface area contributed by atoms with E-state index in [1.807, 2.05) is 0 Å². The molecule has 0 saturated carbocycles. The quantitative estimate of drug-likeness (QED) is 0.477. The fourth-order valence-corrected chi connectivity index (χ4v) is 1.43. The van der Waals surface area contributed by atoms with Crippen LogP contribution in [0.3, 0.4) is 0 Å². The molecule has 1 aliphatic rings. The van der Waals surface area contributed by atoms with Gasteiger partial charge in [-0.05, 0) is 0 Å². The molecular formula is C9H13BO5. The van der Waals surface area contributed by atoms with Gasteiger partial charge in [0.25, 0.3) is 0 Å². The summed E-state index contributed by atoms with van der Waals surface area (Å²) in [7, 11) is 5.54. The van der Waals surface area contributed by atoms with Crippen molar-refractivity contribution in [1.82, 2.24) is 0 Å². The summed E-state index contributed by atoms with van der Waals surface area (Å²) in [6.45, 7) is 2.67. The Morgan fingerprint density at radius 2 is 2.07 bits per heavy atom. The van der Waals surface area contributed by atoms with Crippen molar-refractivity contribution in [2.24, 2.45) is 0 Å². The van der Waals surface area contributed by atoms with E-state index < -0.39 is 30.1 Å². The Kier molecular flexibility index (Phi) is 4.14. The molecule has 1 rings (SSSR count).